The molecule has 0 fully saturated rings. The number of allylic oxidation sites excluding steroid dienone is 1. The van der Waals surface area contributed by atoms with E-state index in [2.05, 4.69) is 10.6 Å². The van der Waals surface area contributed by atoms with Crippen molar-refractivity contribution in [3.63, 3.8) is 0 Å². The lowest BCUT2D eigenvalue weighted by Crippen LogP contribution is -2.45. The summed E-state index contributed by atoms with van der Waals surface area (Å²) in [5.41, 5.74) is 2.41. The largest absolute Gasteiger partial charge is 0.462 e. The van der Waals surface area contributed by atoms with E-state index in [1.165, 1.54) is 24.3 Å². The van der Waals surface area contributed by atoms with Gasteiger partial charge >= 0.3 is 12.0 Å². The van der Waals surface area contributed by atoms with Gasteiger partial charge in [-0.2, -0.15) is 0 Å². The standard InChI is InChI=1S/C20H19FN2O3/c1-13-17(19(24)26-12-11-14-5-3-2-4-6-14)18(23-20(25)22-13)15-7-9-16(21)10-8-15/h2-10,18H,11-12H2,1H3,(H2,22,23,25)/t18-/m1/s1. The van der Waals surface area contributed by atoms with E-state index >= 15 is 0 Å². The van der Waals surface area contributed by atoms with Crippen LogP contribution in [0.4, 0.5) is 9.18 Å². The van der Waals surface area contributed by atoms with Crippen molar-refractivity contribution in [1.29, 1.82) is 0 Å². The number of hydrogen-bond donors (Lipinski definition) is 2. The van der Waals surface area contributed by atoms with Crippen molar-refractivity contribution in [2.24, 2.45) is 0 Å². The molecule has 0 aromatic heterocycles. The number of urea groups is 1. The average molecular weight is 354 g/mol. The maximum atomic E-state index is 13.2. The van der Waals surface area contributed by atoms with Crippen LogP contribution in [0.5, 0.6) is 0 Å². The van der Waals surface area contributed by atoms with Gasteiger partial charge in [0.25, 0.3) is 0 Å². The van der Waals surface area contributed by atoms with Gasteiger partial charge in [0.2, 0.25) is 0 Å². The highest BCUT2D eigenvalue weighted by Gasteiger charge is 2.32. The van der Waals surface area contributed by atoms with E-state index in [1.807, 2.05) is 30.3 Å². The molecule has 1 atom stereocenters. The molecule has 5 nitrogen and oxygen atoms in total. The Hall–Kier alpha value is -3.15. The van der Waals surface area contributed by atoms with Crippen LogP contribution in [0.1, 0.15) is 24.1 Å². The SMILES string of the molecule is CC1=C(C(=O)OCCc2ccccc2)[C@@H](c2ccc(F)cc2)NC(=O)N1. The summed E-state index contributed by atoms with van der Waals surface area (Å²) in [6, 6.07) is 14.2. The fraction of sp³-hybridized carbons (Fsp3) is 0.200. The third-order valence-corrected chi connectivity index (χ3v) is 4.16. The number of ether oxygens (including phenoxy) is 1. The molecule has 0 aliphatic carbocycles. The number of benzene rings is 2. The van der Waals surface area contributed by atoms with Crippen molar-refractivity contribution in [3.8, 4) is 0 Å². The van der Waals surface area contributed by atoms with E-state index in [4.69, 9.17) is 4.74 Å². The first-order chi connectivity index (χ1) is 12.5. The van der Waals surface area contributed by atoms with Crippen molar-refractivity contribution in [3.05, 3.63) is 82.8 Å². The summed E-state index contributed by atoms with van der Waals surface area (Å²) in [6.07, 6.45) is 0.597. The molecule has 0 unspecified atom stereocenters. The molecule has 2 N–H and O–H groups in total. The Morgan fingerprint density at radius 3 is 2.50 bits per heavy atom. The second-order valence-corrected chi connectivity index (χ2v) is 5.99. The first-order valence-corrected chi connectivity index (χ1v) is 8.29. The minimum absolute atomic E-state index is 0.226. The molecule has 0 spiro atoms. The van der Waals surface area contributed by atoms with E-state index < -0.39 is 18.0 Å². The van der Waals surface area contributed by atoms with Gasteiger partial charge in [0.1, 0.15) is 5.82 Å². The highest BCUT2D eigenvalue weighted by molar-refractivity contribution is 5.95. The molecule has 0 bridgehead atoms. The quantitative estimate of drug-likeness (QED) is 0.810. The number of carbonyl (C=O) groups is 2. The summed E-state index contributed by atoms with van der Waals surface area (Å²) < 4.78 is 18.6. The van der Waals surface area contributed by atoms with Gasteiger partial charge in [-0.25, -0.2) is 14.0 Å². The molecule has 0 saturated carbocycles. The summed E-state index contributed by atoms with van der Waals surface area (Å²) in [4.78, 5) is 24.4. The molecule has 6 heteroatoms. The second-order valence-electron chi connectivity index (χ2n) is 5.99. The smallest absolute Gasteiger partial charge is 0.338 e. The van der Waals surface area contributed by atoms with E-state index in [0.717, 1.165) is 5.56 Å². The molecule has 134 valence electrons. The lowest BCUT2D eigenvalue weighted by molar-refractivity contribution is -0.139. The first-order valence-electron chi connectivity index (χ1n) is 8.29. The molecule has 26 heavy (non-hydrogen) atoms. The Balaban J connectivity index is 1.75. The van der Waals surface area contributed by atoms with Crippen molar-refractivity contribution in [2.75, 3.05) is 6.61 Å². The highest BCUT2D eigenvalue weighted by atomic mass is 19.1. The Morgan fingerprint density at radius 2 is 1.81 bits per heavy atom. The number of hydrogen-bond acceptors (Lipinski definition) is 3. The topological polar surface area (TPSA) is 67.4 Å². The molecule has 3 rings (SSSR count). The molecule has 1 aliphatic rings. The van der Waals surface area contributed by atoms with Crippen LogP contribution in [0.25, 0.3) is 0 Å². The molecular formula is C20H19FN2O3. The van der Waals surface area contributed by atoms with Crippen LogP contribution in [0, 0.1) is 5.82 Å². The number of carbonyl (C=O) groups excluding carboxylic acids is 2. The molecule has 1 aliphatic heterocycles. The maximum Gasteiger partial charge on any atom is 0.338 e. The van der Waals surface area contributed by atoms with Crippen molar-refractivity contribution in [2.45, 2.75) is 19.4 Å². The third kappa shape index (κ3) is 4.08. The zero-order chi connectivity index (χ0) is 18.5. The van der Waals surface area contributed by atoms with Gasteiger partial charge in [-0.1, -0.05) is 42.5 Å². The highest BCUT2D eigenvalue weighted by Crippen LogP contribution is 2.27. The normalized spacial score (nSPS) is 16.7. The van der Waals surface area contributed by atoms with Gasteiger partial charge in [0, 0.05) is 12.1 Å². The van der Waals surface area contributed by atoms with Crippen molar-refractivity contribution >= 4 is 12.0 Å². The van der Waals surface area contributed by atoms with Crippen LogP contribution >= 0.6 is 0 Å². The first kappa shape index (κ1) is 17.7. The molecule has 2 amide bonds. The third-order valence-electron chi connectivity index (χ3n) is 4.16. The van der Waals surface area contributed by atoms with Crippen LogP contribution in [0.2, 0.25) is 0 Å². The monoisotopic (exact) mass is 354 g/mol. The Labute approximate surface area is 150 Å². The molecule has 2 aromatic carbocycles. The average Bonchev–Trinajstić information content (AvgIpc) is 2.62. The predicted molar refractivity (Wildman–Crippen MR) is 94.6 cm³/mol. The van der Waals surface area contributed by atoms with E-state index in [1.54, 1.807) is 6.92 Å². The van der Waals surface area contributed by atoms with Crippen LogP contribution in [0.15, 0.2) is 65.9 Å². The van der Waals surface area contributed by atoms with Crippen molar-refractivity contribution < 1.29 is 18.7 Å². The van der Waals surface area contributed by atoms with Crippen LogP contribution in [0.3, 0.4) is 0 Å². The van der Waals surface area contributed by atoms with Crippen LogP contribution in [-0.4, -0.2) is 18.6 Å². The summed E-state index contributed by atoms with van der Waals surface area (Å²) in [5.74, 6) is -0.901. The molecule has 2 aromatic rings. The summed E-state index contributed by atoms with van der Waals surface area (Å²) >= 11 is 0. The predicted octanol–water partition coefficient (Wildman–Crippen LogP) is 3.24. The fourth-order valence-electron chi connectivity index (χ4n) is 2.85. The lowest BCUT2D eigenvalue weighted by atomic mass is 9.95. The number of rotatable bonds is 5. The molecule has 1 heterocycles. The number of esters is 1. The number of halogens is 1. The van der Waals surface area contributed by atoms with E-state index in [-0.39, 0.29) is 12.4 Å². The Bertz CT molecular complexity index is 832. The molecular weight excluding hydrogens is 335 g/mol. The van der Waals surface area contributed by atoms with Gasteiger partial charge in [-0.05, 0) is 30.2 Å². The number of amides is 2. The number of nitrogens with one attached hydrogen (secondary N) is 2. The van der Waals surface area contributed by atoms with Gasteiger partial charge in [0.15, 0.2) is 0 Å². The van der Waals surface area contributed by atoms with E-state index in [0.29, 0.717) is 23.3 Å². The Morgan fingerprint density at radius 1 is 1.12 bits per heavy atom. The Kier molecular flexibility index (Phi) is 5.31. The zero-order valence-electron chi connectivity index (χ0n) is 14.3. The minimum atomic E-state index is -0.687. The van der Waals surface area contributed by atoms with Crippen LogP contribution < -0.4 is 10.6 Å². The van der Waals surface area contributed by atoms with Gasteiger partial charge in [0.05, 0.1) is 18.2 Å². The zero-order valence-corrected chi connectivity index (χ0v) is 14.3. The lowest BCUT2D eigenvalue weighted by Gasteiger charge is -2.28. The van der Waals surface area contributed by atoms with E-state index in [9.17, 15) is 14.0 Å². The summed E-state index contributed by atoms with van der Waals surface area (Å²) in [6.45, 7) is 1.87. The van der Waals surface area contributed by atoms with Crippen LogP contribution in [-0.2, 0) is 16.0 Å². The van der Waals surface area contributed by atoms with Crippen molar-refractivity contribution in [1.82, 2.24) is 10.6 Å². The van der Waals surface area contributed by atoms with Gasteiger partial charge in [-0.15, -0.1) is 0 Å². The fourth-order valence-corrected chi connectivity index (χ4v) is 2.85. The molecule has 0 radical (unpaired) electrons. The summed E-state index contributed by atoms with van der Waals surface area (Å²) in [5, 5.41) is 5.27. The minimum Gasteiger partial charge on any atom is -0.462 e. The van der Waals surface area contributed by atoms with Gasteiger partial charge < -0.3 is 15.4 Å². The van der Waals surface area contributed by atoms with Gasteiger partial charge in [-0.3, -0.25) is 0 Å². The maximum absolute atomic E-state index is 13.2. The summed E-state index contributed by atoms with van der Waals surface area (Å²) in [7, 11) is 0. The second kappa shape index (κ2) is 7.82. The molecule has 0 saturated heterocycles.